The zero-order chi connectivity index (χ0) is 35.4. The number of H-pyrrole nitrogens is 1. The molecule has 1 amide bonds. The molecule has 3 aromatic heterocycles. The molecule has 21 heteroatoms. The number of fused-ring (bicyclic) bond motifs is 1. The van der Waals surface area contributed by atoms with E-state index in [-0.39, 0.29) is 30.0 Å². The number of aliphatic hydroxyl groups excluding tert-OH is 1. The Morgan fingerprint density at radius 1 is 1.12 bits per heavy atom. The number of nitriles is 1. The predicted octanol–water partition coefficient (Wildman–Crippen LogP) is 1.85. The van der Waals surface area contributed by atoms with Gasteiger partial charge >= 0.3 is 12.4 Å². The van der Waals surface area contributed by atoms with Gasteiger partial charge < -0.3 is 28.9 Å². The number of hydrogen-bond donors (Lipinski definition) is 3. The molecule has 3 N–H and O–H groups in total. The molecular weight excluding hydrogens is 705 g/mol. The van der Waals surface area contributed by atoms with Crippen LogP contribution in [-0.4, -0.2) is 90.6 Å². The lowest BCUT2D eigenvalue weighted by molar-refractivity contribution is -0.0557. The number of alkyl halides is 2. The monoisotopic (exact) mass is 733 g/mol. The van der Waals surface area contributed by atoms with Gasteiger partial charge in [-0.25, -0.2) is 28.5 Å². The van der Waals surface area contributed by atoms with E-state index in [1.807, 2.05) is 11.1 Å². The molecule has 2 saturated heterocycles. The summed E-state index contributed by atoms with van der Waals surface area (Å²) in [5.41, 5.74) is -0.931. The average molecular weight is 734 g/mol. The van der Waals surface area contributed by atoms with Crippen LogP contribution in [0.4, 0.5) is 14.6 Å². The zero-order valence-electron chi connectivity index (χ0n) is 25.7. The van der Waals surface area contributed by atoms with Crippen molar-refractivity contribution in [3.63, 3.8) is 0 Å². The minimum atomic E-state index is -4.00. The lowest BCUT2D eigenvalue weighted by Crippen LogP contribution is -2.37. The van der Waals surface area contributed by atoms with Gasteiger partial charge in [0.2, 0.25) is 0 Å². The van der Waals surface area contributed by atoms with E-state index in [2.05, 4.69) is 20.3 Å². The number of hydrogen-bond acceptors (Lipinski definition) is 14. The normalized spacial score (nSPS) is 26.1. The summed E-state index contributed by atoms with van der Waals surface area (Å²) in [4.78, 5) is 51.4. The summed E-state index contributed by atoms with van der Waals surface area (Å²) in [5, 5.41) is 21.4. The first kappa shape index (κ1) is 35.5. The van der Waals surface area contributed by atoms with E-state index in [1.165, 1.54) is 23.6 Å². The first-order chi connectivity index (χ1) is 24.1. The van der Waals surface area contributed by atoms with Gasteiger partial charge in [0, 0.05) is 24.2 Å². The van der Waals surface area contributed by atoms with Crippen LogP contribution in [-0.2, 0) is 34.9 Å². The maximum Gasteiger partial charge on any atom is 0.330 e. The van der Waals surface area contributed by atoms with Crippen LogP contribution in [0.2, 0.25) is 0 Å². The number of nitrogens with zero attached hydrogens (tertiary/aromatic N) is 6. The van der Waals surface area contributed by atoms with Crippen molar-refractivity contribution >= 4 is 41.4 Å². The van der Waals surface area contributed by atoms with Gasteiger partial charge in [-0.3, -0.25) is 28.2 Å². The Hall–Kier alpha value is -4.32. The highest BCUT2D eigenvalue weighted by molar-refractivity contribution is 8.07. The van der Waals surface area contributed by atoms with Crippen molar-refractivity contribution in [2.24, 2.45) is 0 Å². The number of ether oxygens (including phenoxy) is 2. The van der Waals surface area contributed by atoms with Crippen LogP contribution in [0.3, 0.4) is 0 Å². The summed E-state index contributed by atoms with van der Waals surface area (Å²) in [6.45, 7) is -5.51. The lowest BCUT2D eigenvalue weighted by Gasteiger charge is -2.29. The van der Waals surface area contributed by atoms with Crippen molar-refractivity contribution in [1.82, 2.24) is 29.1 Å². The maximum absolute atomic E-state index is 15.5. The summed E-state index contributed by atoms with van der Waals surface area (Å²) in [5.74, 6) is -0.339. The number of aliphatic hydroxyl groups is 1. The topological polar surface area (TPSA) is 218 Å². The Kier molecular flexibility index (Phi) is 10.9. The fourth-order valence-electron chi connectivity index (χ4n) is 5.23. The molecule has 2 aliphatic rings. The second-order valence-electron chi connectivity index (χ2n) is 10.8. The molecule has 8 atom stereocenters. The third-order valence-electron chi connectivity index (χ3n) is 7.57. The molecule has 2 fully saturated rings. The number of imidazole rings is 1. The third-order valence-corrected chi connectivity index (χ3v) is 9.92. The number of carbonyl (C=O) groups is 1. The van der Waals surface area contributed by atoms with E-state index in [0.717, 1.165) is 16.8 Å². The van der Waals surface area contributed by atoms with Gasteiger partial charge in [0.25, 0.3) is 11.5 Å². The van der Waals surface area contributed by atoms with Crippen LogP contribution < -0.4 is 16.6 Å². The number of halogens is 2. The molecular formula is C29H28F2N8O9PS. The first-order valence-electron chi connectivity index (χ1n) is 15.0. The van der Waals surface area contributed by atoms with Crippen LogP contribution >= 0.6 is 6.72 Å². The molecule has 0 bridgehead atoms. The van der Waals surface area contributed by atoms with E-state index < -0.39 is 80.2 Å². The van der Waals surface area contributed by atoms with E-state index in [9.17, 15) is 19.5 Å². The van der Waals surface area contributed by atoms with Crippen LogP contribution in [0.5, 0.6) is 0 Å². The number of rotatable bonds is 13. The van der Waals surface area contributed by atoms with Gasteiger partial charge in [-0.05, 0) is 23.9 Å². The molecule has 4 aromatic rings. The van der Waals surface area contributed by atoms with Crippen molar-refractivity contribution in [3.05, 3.63) is 88.1 Å². The Morgan fingerprint density at radius 3 is 2.66 bits per heavy atom. The highest BCUT2D eigenvalue weighted by atomic mass is 32.5. The van der Waals surface area contributed by atoms with Crippen LogP contribution in [0.15, 0.2) is 64.8 Å². The van der Waals surface area contributed by atoms with Gasteiger partial charge in [0.1, 0.15) is 18.5 Å². The van der Waals surface area contributed by atoms with Gasteiger partial charge in [-0.15, -0.1) is 0 Å². The number of aromatic amines is 1. The highest BCUT2D eigenvalue weighted by Crippen LogP contribution is 2.55. The molecule has 17 nitrogen and oxygen atoms in total. The molecule has 6 rings (SSSR count). The maximum atomic E-state index is 15.5. The second-order valence-corrected chi connectivity index (χ2v) is 13.8. The lowest BCUT2D eigenvalue weighted by atomic mass is 10.1. The van der Waals surface area contributed by atoms with Crippen LogP contribution in [0.1, 0.15) is 29.2 Å². The Morgan fingerprint density at radius 2 is 1.92 bits per heavy atom. The van der Waals surface area contributed by atoms with Gasteiger partial charge in [-0.1, -0.05) is 18.2 Å². The summed E-state index contributed by atoms with van der Waals surface area (Å²) >= 11 is 5.53. The minimum Gasteiger partial charge on any atom is -0.394 e. The zero-order valence-corrected chi connectivity index (χ0v) is 27.4. The molecule has 263 valence electrons. The highest BCUT2D eigenvalue weighted by Gasteiger charge is 2.50. The van der Waals surface area contributed by atoms with Crippen molar-refractivity contribution in [2.75, 3.05) is 25.1 Å². The first-order valence-corrected chi connectivity index (χ1v) is 17.5. The molecule has 50 heavy (non-hydrogen) atoms. The smallest absolute Gasteiger partial charge is 0.330 e. The average Bonchev–Trinajstić information content (AvgIpc) is 3.79. The number of carbonyl (C=O) groups excluding carboxylic acids is 1. The third kappa shape index (κ3) is 7.55. The molecule has 1 radical (unpaired) electrons. The Bertz CT molecular complexity index is 2050. The molecule has 1 aromatic carbocycles. The minimum absolute atomic E-state index is 0.0974. The van der Waals surface area contributed by atoms with Gasteiger partial charge in [0.05, 0.1) is 44.7 Å². The summed E-state index contributed by atoms with van der Waals surface area (Å²) in [7, 11) is 0. The van der Waals surface area contributed by atoms with Crippen molar-refractivity contribution in [2.45, 2.75) is 49.5 Å². The van der Waals surface area contributed by atoms with Crippen LogP contribution in [0.25, 0.3) is 11.2 Å². The summed E-state index contributed by atoms with van der Waals surface area (Å²) in [6.07, 6.45) is -6.14. The fraction of sp³-hybridized carbons (Fsp3) is 0.379. The molecule has 5 heterocycles. The largest absolute Gasteiger partial charge is 0.394 e. The molecule has 1 unspecified atom stereocenters. The van der Waals surface area contributed by atoms with Crippen molar-refractivity contribution in [1.29, 1.82) is 5.26 Å². The standard InChI is InChI=1S/C29H28F2N8O9PS/c30-18-11-17(46-27(18)39-15-35-22-24(33-14-34-25(22)39)37-26(42)16-5-2-1-3-6-16)13-45-49(50,44-10-4-8-32)48-23-21(31)19(12-40)47-28(23)38-9-7-20(41)36-29(38)43/h1-3,5-7,9,11,14-15,17-19,21,23,27-28,40H,4,10,12-13H2,(H,36,41,43)(H,33,34,37,42)/t17-,18-,19-,21-,23-,27-,28-,49?/m0/s1. The van der Waals surface area contributed by atoms with E-state index >= 15 is 8.78 Å². The van der Waals surface area contributed by atoms with Crippen LogP contribution in [0, 0.1) is 17.8 Å². The van der Waals surface area contributed by atoms with Gasteiger partial charge in [0.15, 0.2) is 41.8 Å². The fourth-order valence-corrected chi connectivity index (χ4v) is 7.30. The number of nitrogens with one attached hydrogen (secondary N) is 2. The van der Waals surface area contributed by atoms with Crippen molar-refractivity contribution < 1.29 is 41.7 Å². The van der Waals surface area contributed by atoms with Gasteiger partial charge in [-0.2, -0.15) is 5.26 Å². The molecule has 0 aliphatic carbocycles. The van der Waals surface area contributed by atoms with E-state index in [1.54, 1.807) is 30.3 Å². The second kappa shape index (κ2) is 15.3. The quantitative estimate of drug-likeness (QED) is 0.132. The summed E-state index contributed by atoms with van der Waals surface area (Å²) < 4.78 is 61.8. The van der Waals surface area contributed by atoms with Crippen molar-refractivity contribution in [3.8, 4) is 6.07 Å². The Labute approximate surface area is 286 Å². The number of amides is 1. The SMILES string of the molecule is N#CCCOP(=S)(OC[C@@H]1[CH][C@H](F)[C@@H](n2cnc3c(NC(=O)c4ccccc4)ncnc32)O1)O[C@H]1[C@@H](F)[C@H](CO)O[C@@H]1n1ccc(=O)[nH]c1=O. The number of anilines is 1. The molecule has 0 spiro atoms. The molecule has 2 aliphatic heterocycles. The Balaban J connectivity index is 1.17. The van der Waals surface area contributed by atoms with E-state index in [4.69, 9.17) is 40.1 Å². The molecule has 0 saturated carbocycles. The number of aromatic nitrogens is 6. The predicted molar refractivity (Wildman–Crippen MR) is 171 cm³/mol. The van der Waals surface area contributed by atoms with E-state index in [0.29, 0.717) is 5.56 Å². The summed E-state index contributed by atoms with van der Waals surface area (Å²) in [6, 6.07) is 11.3. The number of benzene rings is 1.